The number of anilines is 1. The number of rotatable bonds is 8. The van der Waals surface area contributed by atoms with Gasteiger partial charge < -0.3 is 10.2 Å². The first-order valence-corrected chi connectivity index (χ1v) is 11.3. The van der Waals surface area contributed by atoms with E-state index in [0.717, 1.165) is 44.9 Å². The molecule has 5 heteroatoms. The van der Waals surface area contributed by atoms with Crippen LogP contribution in [0.15, 0.2) is 24.3 Å². The van der Waals surface area contributed by atoms with Gasteiger partial charge in [-0.1, -0.05) is 18.2 Å². The van der Waals surface area contributed by atoms with Crippen molar-refractivity contribution in [3.63, 3.8) is 0 Å². The van der Waals surface area contributed by atoms with Gasteiger partial charge in [0.2, 0.25) is 5.91 Å². The third-order valence-electron chi connectivity index (χ3n) is 6.59. The Kier molecular flexibility index (Phi) is 8.37. The molecule has 0 radical (unpaired) electrons. The van der Waals surface area contributed by atoms with Gasteiger partial charge in [-0.05, 0) is 69.5 Å². The lowest BCUT2D eigenvalue weighted by atomic mass is 9.84. The molecule has 1 aliphatic heterocycles. The third kappa shape index (κ3) is 6.75. The largest absolute Gasteiger partial charge is 0.369 e. The molecule has 2 aliphatic rings. The number of carbonyl (C=O) groups is 1. The van der Waals surface area contributed by atoms with Crippen molar-refractivity contribution >= 4 is 11.6 Å². The van der Waals surface area contributed by atoms with E-state index in [2.05, 4.69) is 52.4 Å². The predicted molar refractivity (Wildman–Crippen MR) is 118 cm³/mol. The van der Waals surface area contributed by atoms with Gasteiger partial charge in [0.1, 0.15) is 0 Å². The van der Waals surface area contributed by atoms with Gasteiger partial charge in [-0.2, -0.15) is 5.26 Å². The zero-order chi connectivity index (χ0) is 20.5. The highest BCUT2D eigenvalue weighted by Crippen LogP contribution is 2.28. The van der Waals surface area contributed by atoms with Crippen molar-refractivity contribution in [1.82, 2.24) is 10.2 Å². The van der Waals surface area contributed by atoms with Crippen LogP contribution >= 0.6 is 0 Å². The number of nitrogens with zero attached hydrogens (tertiary/aromatic N) is 3. The smallest absolute Gasteiger partial charge is 0.220 e. The highest BCUT2D eigenvalue weighted by Gasteiger charge is 2.24. The van der Waals surface area contributed by atoms with Gasteiger partial charge in [0.05, 0.1) is 6.07 Å². The zero-order valence-corrected chi connectivity index (χ0v) is 17.9. The second-order valence-corrected chi connectivity index (χ2v) is 8.70. The van der Waals surface area contributed by atoms with Crippen molar-refractivity contribution in [3.8, 4) is 6.07 Å². The first-order chi connectivity index (χ1) is 14.2. The number of carbonyl (C=O) groups excluding carboxylic acids is 1. The number of amides is 1. The van der Waals surface area contributed by atoms with Crippen LogP contribution in [0.4, 0.5) is 5.69 Å². The van der Waals surface area contributed by atoms with Crippen LogP contribution in [0.3, 0.4) is 0 Å². The van der Waals surface area contributed by atoms with Crippen molar-refractivity contribution in [2.24, 2.45) is 5.92 Å². The number of nitriles is 1. The molecule has 1 saturated carbocycles. The van der Waals surface area contributed by atoms with E-state index in [0.29, 0.717) is 25.3 Å². The Labute approximate surface area is 176 Å². The number of benzene rings is 1. The maximum Gasteiger partial charge on any atom is 0.220 e. The summed E-state index contributed by atoms with van der Waals surface area (Å²) < 4.78 is 0. The molecule has 0 unspecified atom stereocenters. The number of para-hydroxylation sites is 1. The molecule has 1 aromatic carbocycles. The maximum atomic E-state index is 11.9. The van der Waals surface area contributed by atoms with E-state index in [1.807, 2.05) is 0 Å². The van der Waals surface area contributed by atoms with Gasteiger partial charge in [-0.3, -0.25) is 9.69 Å². The lowest BCUT2D eigenvalue weighted by Crippen LogP contribution is -2.47. The standard InChI is InChI=1S/C24H36N4O/c1-20-6-2-3-7-23(20)28-18-16-27(17-19-28)15-13-21-9-11-22(12-10-21)26-24(29)8-4-5-14-25/h2-3,6-7,21-22H,4-5,8-13,15-19H2,1H3,(H,26,29). The lowest BCUT2D eigenvalue weighted by molar-refractivity contribution is -0.122. The van der Waals surface area contributed by atoms with Crippen molar-refractivity contribution in [3.05, 3.63) is 29.8 Å². The Morgan fingerprint density at radius 3 is 2.55 bits per heavy atom. The molecule has 0 atom stereocenters. The average Bonchev–Trinajstić information content (AvgIpc) is 2.74. The number of aryl methyl sites for hydroxylation is 1. The number of hydrogen-bond acceptors (Lipinski definition) is 4. The number of unbranched alkanes of at least 4 members (excludes halogenated alkanes) is 1. The second-order valence-electron chi connectivity index (χ2n) is 8.70. The zero-order valence-electron chi connectivity index (χ0n) is 17.9. The molecule has 5 nitrogen and oxygen atoms in total. The summed E-state index contributed by atoms with van der Waals surface area (Å²) in [5.41, 5.74) is 2.76. The highest BCUT2D eigenvalue weighted by atomic mass is 16.1. The van der Waals surface area contributed by atoms with Gasteiger partial charge in [-0.15, -0.1) is 0 Å². The molecule has 1 amide bonds. The van der Waals surface area contributed by atoms with E-state index < -0.39 is 0 Å². The summed E-state index contributed by atoms with van der Waals surface area (Å²) in [6, 6.07) is 11.1. The summed E-state index contributed by atoms with van der Waals surface area (Å²) in [4.78, 5) is 17.1. The summed E-state index contributed by atoms with van der Waals surface area (Å²) >= 11 is 0. The number of hydrogen-bond donors (Lipinski definition) is 1. The van der Waals surface area contributed by atoms with Gasteiger partial charge in [0.25, 0.3) is 0 Å². The molecule has 0 spiro atoms. The molecule has 29 heavy (non-hydrogen) atoms. The van der Waals surface area contributed by atoms with Gasteiger partial charge in [-0.25, -0.2) is 0 Å². The van der Waals surface area contributed by atoms with Gasteiger partial charge in [0.15, 0.2) is 0 Å². The predicted octanol–water partition coefficient (Wildman–Crippen LogP) is 3.88. The SMILES string of the molecule is Cc1ccccc1N1CCN(CCC2CCC(NC(=O)CCCC#N)CC2)CC1. The summed E-state index contributed by atoms with van der Waals surface area (Å²) in [7, 11) is 0. The van der Waals surface area contributed by atoms with Crippen LogP contribution in [0.2, 0.25) is 0 Å². The minimum absolute atomic E-state index is 0.121. The summed E-state index contributed by atoms with van der Waals surface area (Å²) in [6.45, 7) is 7.96. The quantitative estimate of drug-likeness (QED) is 0.678. The lowest BCUT2D eigenvalue weighted by Gasteiger charge is -2.38. The Balaban J connectivity index is 1.30. The van der Waals surface area contributed by atoms with E-state index in [9.17, 15) is 4.79 Å². The molecule has 1 heterocycles. The summed E-state index contributed by atoms with van der Waals surface area (Å²) in [5, 5.41) is 11.7. The fraction of sp³-hybridized carbons (Fsp3) is 0.667. The first kappa shape index (κ1) is 21.6. The van der Waals surface area contributed by atoms with Gasteiger partial charge in [0, 0.05) is 50.7 Å². The Hall–Kier alpha value is -2.06. The molecule has 3 rings (SSSR count). The third-order valence-corrected chi connectivity index (χ3v) is 6.59. The number of piperazine rings is 1. The minimum atomic E-state index is 0.121. The average molecular weight is 397 g/mol. The first-order valence-electron chi connectivity index (χ1n) is 11.3. The molecule has 1 aliphatic carbocycles. The molecule has 158 valence electrons. The van der Waals surface area contributed by atoms with Gasteiger partial charge >= 0.3 is 0 Å². The topological polar surface area (TPSA) is 59.4 Å². The summed E-state index contributed by atoms with van der Waals surface area (Å²) in [6.07, 6.45) is 7.59. The van der Waals surface area contributed by atoms with Crippen LogP contribution < -0.4 is 10.2 Å². The fourth-order valence-electron chi connectivity index (χ4n) is 4.72. The molecule has 0 bridgehead atoms. The van der Waals surface area contributed by atoms with E-state index in [4.69, 9.17) is 5.26 Å². The second kappa shape index (κ2) is 11.2. The Bertz CT molecular complexity index is 682. The summed E-state index contributed by atoms with van der Waals surface area (Å²) in [5.74, 6) is 0.923. The fourth-order valence-corrected chi connectivity index (χ4v) is 4.72. The minimum Gasteiger partial charge on any atom is -0.369 e. The Morgan fingerprint density at radius 1 is 1.14 bits per heavy atom. The number of nitrogens with one attached hydrogen (secondary N) is 1. The molecule has 1 saturated heterocycles. The van der Waals surface area contributed by atoms with E-state index in [-0.39, 0.29) is 5.91 Å². The van der Waals surface area contributed by atoms with Crippen LogP contribution in [-0.4, -0.2) is 49.6 Å². The maximum absolute atomic E-state index is 11.9. The van der Waals surface area contributed by atoms with Crippen molar-refractivity contribution in [2.45, 2.75) is 64.3 Å². The van der Waals surface area contributed by atoms with Crippen LogP contribution in [0.5, 0.6) is 0 Å². The molecule has 1 N–H and O–H groups in total. The van der Waals surface area contributed by atoms with Crippen LogP contribution in [0.25, 0.3) is 0 Å². The Morgan fingerprint density at radius 2 is 1.86 bits per heavy atom. The van der Waals surface area contributed by atoms with Crippen LogP contribution in [0.1, 0.15) is 56.9 Å². The molecule has 0 aromatic heterocycles. The monoisotopic (exact) mass is 396 g/mol. The van der Waals surface area contributed by atoms with E-state index in [1.165, 1.54) is 37.1 Å². The molecular formula is C24H36N4O. The normalized spacial score (nSPS) is 22.8. The van der Waals surface area contributed by atoms with Crippen LogP contribution in [0, 0.1) is 24.2 Å². The van der Waals surface area contributed by atoms with E-state index in [1.54, 1.807) is 0 Å². The van der Waals surface area contributed by atoms with Crippen molar-refractivity contribution in [1.29, 1.82) is 5.26 Å². The van der Waals surface area contributed by atoms with Crippen LogP contribution in [-0.2, 0) is 4.79 Å². The van der Waals surface area contributed by atoms with Crippen molar-refractivity contribution in [2.75, 3.05) is 37.6 Å². The van der Waals surface area contributed by atoms with Crippen molar-refractivity contribution < 1.29 is 4.79 Å². The molecular weight excluding hydrogens is 360 g/mol. The molecule has 1 aromatic rings. The van der Waals surface area contributed by atoms with E-state index >= 15 is 0 Å². The molecule has 2 fully saturated rings. The highest BCUT2D eigenvalue weighted by molar-refractivity contribution is 5.76.